The molecule has 0 unspecified atom stereocenters. The average Bonchev–Trinajstić information content (AvgIpc) is 3.47. The number of methoxy groups -OCH3 is 2. The highest BCUT2D eigenvalue weighted by Gasteiger charge is 2.57. The standard InChI is InChI=1S/C36H34O4/c1-24(35(22-20-33(37)39-2)29-16-8-4-12-25(29)26-13-5-9-17-30(26)35)36(23-21-34(38)40-3)31-18-10-6-14-27(31)28-15-7-11-19-32(28)36/h4-19,24H,20-23H2,1-3H3. The summed E-state index contributed by atoms with van der Waals surface area (Å²) in [5, 5.41) is 0. The van der Waals surface area contributed by atoms with Crippen LogP contribution in [0, 0.1) is 5.92 Å². The quantitative estimate of drug-likeness (QED) is 0.222. The van der Waals surface area contributed by atoms with E-state index in [1.165, 1.54) is 58.7 Å². The predicted octanol–water partition coefficient (Wildman–Crippen LogP) is 7.46. The monoisotopic (exact) mass is 530 g/mol. The van der Waals surface area contributed by atoms with Crippen molar-refractivity contribution in [2.24, 2.45) is 5.92 Å². The predicted molar refractivity (Wildman–Crippen MR) is 157 cm³/mol. The molecule has 0 amide bonds. The Morgan fingerprint density at radius 3 is 1.10 bits per heavy atom. The third kappa shape index (κ3) is 3.66. The SMILES string of the molecule is COC(=O)CCC1(C(C)C2(CCC(=O)OC)c3ccccc3-c3ccccc32)c2ccccc2-c2ccccc21. The molecule has 0 saturated carbocycles. The lowest BCUT2D eigenvalue weighted by Crippen LogP contribution is -2.47. The third-order valence-corrected chi connectivity index (χ3v) is 9.59. The Bertz CT molecular complexity index is 1390. The maximum atomic E-state index is 12.7. The molecule has 0 radical (unpaired) electrons. The molecule has 4 nitrogen and oxygen atoms in total. The Balaban J connectivity index is 1.66. The van der Waals surface area contributed by atoms with Crippen LogP contribution in [0.1, 0.15) is 54.9 Å². The summed E-state index contributed by atoms with van der Waals surface area (Å²) in [7, 11) is 2.91. The van der Waals surface area contributed by atoms with Gasteiger partial charge in [-0.1, -0.05) is 104 Å². The lowest BCUT2D eigenvalue weighted by Gasteiger charge is -2.49. The lowest BCUT2D eigenvalue weighted by atomic mass is 9.53. The molecule has 0 atom stereocenters. The van der Waals surface area contributed by atoms with Crippen molar-refractivity contribution in [2.75, 3.05) is 14.2 Å². The van der Waals surface area contributed by atoms with Crippen LogP contribution in [0.3, 0.4) is 0 Å². The number of fused-ring (bicyclic) bond motifs is 6. The Labute approximate surface area is 236 Å². The molecular weight excluding hydrogens is 496 g/mol. The molecule has 0 spiro atoms. The van der Waals surface area contributed by atoms with Crippen molar-refractivity contribution in [1.82, 2.24) is 0 Å². The Morgan fingerprint density at radius 1 is 0.550 bits per heavy atom. The summed E-state index contributed by atoms with van der Waals surface area (Å²) in [5.74, 6) is -0.461. The highest BCUT2D eigenvalue weighted by atomic mass is 16.5. The second-order valence-corrected chi connectivity index (χ2v) is 11.0. The van der Waals surface area contributed by atoms with Crippen LogP contribution in [-0.2, 0) is 29.9 Å². The summed E-state index contributed by atoms with van der Waals surface area (Å²) < 4.78 is 10.3. The average molecular weight is 531 g/mol. The van der Waals surface area contributed by atoms with Crippen molar-refractivity contribution in [1.29, 1.82) is 0 Å². The number of rotatable bonds is 8. The van der Waals surface area contributed by atoms with E-state index in [1.54, 1.807) is 0 Å². The van der Waals surface area contributed by atoms with Crippen LogP contribution in [-0.4, -0.2) is 26.2 Å². The molecule has 4 heteroatoms. The topological polar surface area (TPSA) is 52.6 Å². The van der Waals surface area contributed by atoms with Gasteiger partial charge in [0.15, 0.2) is 0 Å². The van der Waals surface area contributed by atoms with E-state index in [-0.39, 0.29) is 17.9 Å². The van der Waals surface area contributed by atoms with Gasteiger partial charge < -0.3 is 9.47 Å². The Morgan fingerprint density at radius 2 is 0.825 bits per heavy atom. The van der Waals surface area contributed by atoms with E-state index in [0.29, 0.717) is 25.7 Å². The van der Waals surface area contributed by atoms with Crippen molar-refractivity contribution < 1.29 is 19.1 Å². The molecule has 0 saturated heterocycles. The molecule has 0 aromatic heterocycles. The first-order valence-corrected chi connectivity index (χ1v) is 14.0. The zero-order valence-corrected chi connectivity index (χ0v) is 23.3. The van der Waals surface area contributed by atoms with Crippen LogP contribution in [0.2, 0.25) is 0 Å². The molecule has 0 aliphatic heterocycles. The van der Waals surface area contributed by atoms with E-state index in [2.05, 4.69) is 104 Å². The van der Waals surface area contributed by atoms with E-state index >= 15 is 0 Å². The molecule has 40 heavy (non-hydrogen) atoms. The highest BCUT2D eigenvalue weighted by Crippen LogP contribution is 2.64. The summed E-state index contributed by atoms with van der Waals surface area (Å²) in [4.78, 5) is 25.5. The zero-order valence-electron chi connectivity index (χ0n) is 23.3. The second kappa shape index (κ2) is 10.1. The maximum Gasteiger partial charge on any atom is 0.305 e. The number of hydrogen-bond acceptors (Lipinski definition) is 4. The van der Waals surface area contributed by atoms with Gasteiger partial charge in [-0.2, -0.15) is 0 Å². The maximum absolute atomic E-state index is 12.7. The smallest absolute Gasteiger partial charge is 0.305 e. The van der Waals surface area contributed by atoms with Crippen LogP contribution in [0.15, 0.2) is 97.1 Å². The molecule has 0 N–H and O–H groups in total. The van der Waals surface area contributed by atoms with E-state index in [4.69, 9.17) is 9.47 Å². The summed E-state index contributed by atoms with van der Waals surface area (Å²) in [6.45, 7) is 2.33. The fourth-order valence-electron chi connectivity index (χ4n) is 7.85. The fraction of sp³-hybridized carbons (Fsp3) is 0.278. The number of esters is 2. The first-order valence-electron chi connectivity index (χ1n) is 14.0. The third-order valence-electron chi connectivity index (χ3n) is 9.59. The van der Waals surface area contributed by atoms with E-state index in [9.17, 15) is 9.59 Å². The van der Waals surface area contributed by atoms with Crippen molar-refractivity contribution in [3.63, 3.8) is 0 Å². The van der Waals surface area contributed by atoms with Gasteiger partial charge in [-0.25, -0.2) is 0 Å². The van der Waals surface area contributed by atoms with E-state index < -0.39 is 10.8 Å². The van der Waals surface area contributed by atoms with Crippen LogP contribution < -0.4 is 0 Å². The summed E-state index contributed by atoms with van der Waals surface area (Å²) >= 11 is 0. The lowest BCUT2D eigenvalue weighted by molar-refractivity contribution is -0.141. The van der Waals surface area contributed by atoms with Crippen LogP contribution in [0.4, 0.5) is 0 Å². The molecule has 202 valence electrons. The van der Waals surface area contributed by atoms with Crippen molar-refractivity contribution in [2.45, 2.75) is 43.4 Å². The van der Waals surface area contributed by atoms with Gasteiger partial charge in [-0.15, -0.1) is 0 Å². The number of benzene rings is 4. The molecule has 4 aromatic carbocycles. The molecule has 2 aliphatic carbocycles. The van der Waals surface area contributed by atoms with Crippen molar-refractivity contribution in [3.05, 3.63) is 119 Å². The zero-order chi connectivity index (χ0) is 27.9. The number of carbonyl (C=O) groups is 2. The molecule has 4 aromatic rings. The van der Waals surface area contributed by atoms with Gasteiger partial charge in [0.25, 0.3) is 0 Å². The summed E-state index contributed by atoms with van der Waals surface area (Å²) in [5.41, 5.74) is 8.74. The Hall–Kier alpha value is -4.18. The minimum absolute atomic E-state index is 0.0242. The number of carbonyl (C=O) groups excluding carboxylic acids is 2. The van der Waals surface area contributed by atoms with Gasteiger partial charge in [-0.05, 0) is 63.3 Å². The van der Waals surface area contributed by atoms with Crippen LogP contribution >= 0.6 is 0 Å². The number of hydrogen-bond donors (Lipinski definition) is 0. The van der Waals surface area contributed by atoms with Crippen molar-refractivity contribution in [3.8, 4) is 22.3 Å². The first-order chi connectivity index (χ1) is 19.5. The van der Waals surface area contributed by atoms with Gasteiger partial charge in [0, 0.05) is 23.7 Å². The number of ether oxygens (including phenoxy) is 2. The van der Waals surface area contributed by atoms with Gasteiger partial charge in [0.05, 0.1) is 14.2 Å². The molecule has 6 rings (SSSR count). The molecule has 0 fully saturated rings. The van der Waals surface area contributed by atoms with E-state index in [1.807, 2.05) is 0 Å². The van der Waals surface area contributed by atoms with Gasteiger partial charge in [0.1, 0.15) is 0 Å². The van der Waals surface area contributed by atoms with E-state index in [0.717, 1.165) is 0 Å². The molecule has 2 aliphatic rings. The van der Waals surface area contributed by atoms with Crippen molar-refractivity contribution >= 4 is 11.9 Å². The highest BCUT2D eigenvalue weighted by molar-refractivity contribution is 5.85. The minimum atomic E-state index is -0.498. The molecule has 0 bridgehead atoms. The molecular formula is C36H34O4. The van der Waals surface area contributed by atoms with Crippen LogP contribution in [0.5, 0.6) is 0 Å². The minimum Gasteiger partial charge on any atom is -0.469 e. The summed E-state index contributed by atoms with van der Waals surface area (Å²) in [6.07, 6.45) is 1.78. The largest absolute Gasteiger partial charge is 0.469 e. The van der Waals surface area contributed by atoms with Gasteiger partial charge in [0.2, 0.25) is 0 Å². The second-order valence-electron chi connectivity index (χ2n) is 11.0. The normalized spacial score (nSPS) is 15.1. The van der Waals surface area contributed by atoms with Gasteiger partial charge in [-0.3, -0.25) is 9.59 Å². The fourth-order valence-corrected chi connectivity index (χ4v) is 7.85. The Kier molecular flexibility index (Phi) is 6.58. The van der Waals surface area contributed by atoms with Crippen LogP contribution in [0.25, 0.3) is 22.3 Å². The van der Waals surface area contributed by atoms with Gasteiger partial charge >= 0.3 is 11.9 Å². The first kappa shape index (κ1) is 26.1. The molecule has 0 heterocycles. The summed E-state index contributed by atoms with van der Waals surface area (Å²) in [6, 6.07) is 34.4.